The summed E-state index contributed by atoms with van der Waals surface area (Å²) in [7, 11) is 0. The number of benzene rings is 1. The van der Waals surface area contributed by atoms with Crippen LogP contribution in [0.25, 0.3) is 11.0 Å². The normalized spacial score (nSPS) is 10.7. The van der Waals surface area contributed by atoms with Crippen LogP contribution < -0.4 is 0 Å². The van der Waals surface area contributed by atoms with E-state index < -0.39 is 0 Å². The first-order valence-electron chi connectivity index (χ1n) is 3.23. The number of aromatic nitrogens is 2. The molecule has 0 amide bonds. The molecule has 1 aromatic carbocycles. The second-order valence-electron chi connectivity index (χ2n) is 2.34. The smallest absolute Gasteiger partial charge is 0.107 e. The zero-order valence-corrected chi connectivity index (χ0v) is 6.52. The third-order valence-corrected chi connectivity index (χ3v) is 1.73. The zero-order chi connectivity index (χ0) is 7.84. The van der Waals surface area contributed by atoms with E-state index in [0.717, 1.165) is 11.0 Å². The van der Waals surface area contributed by atoms with Gasteiger partial charge in [0.15, 0.2) is 0 Å². The number of hydrogen-bond donors (Lipinski definition) is 1. The largest absolute Gasteiger partial charge is 0.342 e. The number of aromatic amines is 1. The summed E-state index contributed by atoms with van der Waals surface area (Å²) in [5.41, 5.74) is 1.84. The van der Waals surface area contributed by atoms with Crippen molar-refractivity contribution in [2.75, 3.05) is 0 Å². The Morgan fingerprint density at radius 1 is 1.45 bits per heavy atom. The fourth-order valence-corrected chi connectivity index (χ4v) is 1.20. The molecule has 1 radical (unpaired) electrons. The molecule has 11 heavy (non-hydrogen) atoms. The molecule has 2 rings (SSSR count). The summed E-state index contributed by atoms with van der Waals surface area (Å²) < 4.78 is 0. The fraction of sp³-hybridized carbons (Fsp3) is 0. The summed E-state index contributed by atoms with van der Waals surface area (Å²) in [6.07, 6.45) is 0. The maximum atomic E-state index is 5.75. The lowest BCUT2D eigenvalue weighted by Crippen LogP contribution is -1.68. The standard InChI is InChI=1S/C8H6ClN2/c1-5-10-7-3-2-6(9)4-8(7)11-5/h2-4H,1H2,(H,10,11). The molecule has 1 aromatic heterocycles. The van der Waals surface area contributed by atoms with Crippen LogP contribution in [-0.2, 0) is 0 Å². The summed E-state index contributed by atoms with van der Waals surface area (Å²) in [5.74, 6) is 0.669. The van der Waals surface area contributed by atoms with E-state index >= 15 is 0 Å². The lowest BCUT2D eigenvalue weighted by atomic mass is 10.3. The Bertz CT molecular complexity index is 392. The minimum absolute atomic E-state index is 0.669. The molecular formula is C8H6ClN2. The number of nitrogens with zero attached hydrogens (tertiary/aromatic N) is 1. The first-order valence-corrected chi connectivity index (χ1v) is 3.61. The van der Waals surface area contributed by atoms with Crippen LogP contribution in [0.4, 0.5) is 0 Å². The van der Waals surface area contributed by atoms with E-state index in [-0.39, 0.29) is 0 Å². The van der Waals surface area contributed by atoms with Crippen LogP contribution in [0.1, 0.15) is 5.82 Å². The van der Waals surface area contributed by atoms with Crippen LogP contribution in [0.5, 0.6) is 0 Å². The third-order valence-electron chi connectivity index (χ3n) is 1.49. The summed E-state index contributed by atoms with van der Waals surface area (Å²) in [5, 5.41) is 0.698. The Morgan fingerprint density at radius 3 is 3.09 bits per heavy atom. The van der Waals surface area contributed by atoms with E-state index in [1.54, 1.807) is 0 Å². The van der Waals surface area contributed by atoms with Crippen molar-refractivity contribution in [3.63, 3.8) is 0 Å². The monoisotopic (exact) mass is 165 g/mol. The number of nitrogens with one attached hydrogen (secondary N) is 1. The first kappa shape index (κ1) is 6.68. The van der Waals surface area contributed by atoms with Crippen molar-refractivity contribution < 1.29 is 0 Å². The molecule has 2 aromatic rings. The molecule has 55 valence electrons. The Morgan fingerprint density at radius 2 is 2.27 bits per heavy atom. The van der Waals surface area contributed by atoms with Gasteiger partial charge in [-0.25, -0.2) is 4.98 Å². The molecule has 3 heteroatoms. The summed E-state index contributed by atoms with van der Waals surface area (Å²) >= 11 is 5.75. The van der Waals surface area contributed by atoms with Crippen molar-refractivity contribution >= 4 is 22.6 Å². The minimum atomic E-state index is 0.669. The summed E-state index contributed by atoms with van der Waals surface area (Å²) in [6, 6.07) is 5.52. The van der Waals surface area contributed by atoms with Gasteiger partial charge >= 0.3 is 0 Å². The van der Waals surface area contributed by atoms with E-state index in [1.807, 2.05) is 18.2 Å². The van der Waals surface area contributed by atoms with E-state index in [1.165, 1.54) is 0 Å². The highest BCUT2D eigenvalue weighted by Gasteiger charge is 1.97. The molecule has 0 atom stereocenters. The average Bonchev–Trinajstić information content (AvgIpc) is 2.27. The van der Waals surface area contributed by atoms with Gasteiger partial charge in [-0.1, -0.05) is 11.6 Å². The van der Waals surface area contributed by atoms with E-state index in [2.05, 4.69) is 16.9 Å². The summed E-state index contributed by atoms with van der Waals surface area (Å²) in [4.78, 5) is 7.13. The Balaban J connectivity index is 2.82. The predicted molar refractivity (Wildman–Crippen MR) is 45.6 cm³/mol. The number of H-pyrrole nitrogens is 1. The number of imidazole rings is 1. The van der Waals surface area contributed by atoms with Gasteiger partial charge in [0.05, 0.1) is 11.0 Å². The molecule has 1 heterocycles. The second kappa shape index (κ2) is 2.24. The van der Waals surface area contributed by atoms with Gasteiger partial charge in [0, 0.05) is 11.9 Å². The Hall–Kier alpha value is -1.02. The minimum Gasteiger partial charge on any atom is -0.342 e. The number of halogens is 1. The van der Waals surface area contributed by atoms with Gasteiger partial charge in [0.1, 0.15) is 5.82 Å². The van der Waals surface area contributed by atoms with Crippen molar-refractivity contribution in [1.82, 2.24) is 9.97 Å². The van der Waals surface area contributed by atoms with Crippen LogP contribution in [0, 0.1) is 6.92 Å². The zero-order valence-electron chi connectivity index (χ0n) is 5.76. The lowest BCUT2D eigenvalue weighted by Gasteiger charge is -1.87. The molecule has 0 aliphatic heterocycles. The number of fused-ring (bicyclic) bond motifs is 1. The Labute approximate surface area is 69.2 Å². The highest BCUT2D eigenvalue weighted by atomic mass is 35.5. The Kier molecular flexibility index (Phi) is 1.36. The first-order chi connectivity index (χ1) is 5.25. The molecule has 0 aliphatic rings. The lowest BCUT2D eigenvalue weighted by molar-refractivity contribution is 1.25. The van der Waals surface area contributed by atoms with E-state index in [9.17, 15) is 0 Å². The van der Waals surface area contributed by atoms with Gasteiger partial charge < -0.3 is 4.98 Å². The molecule has 0 unspecified atom stereocenters. The van der Waals surface area contributed by atoms with Crippen molar-refractivity contribution in [2.24, 2.45) is 0 Å². The molecule has 0 aliphatic carbocycles. The third kappa shape index (κ3) is 1.10. The quantitative estimate of drug-likeness (QED) is 0.638. The van der Waals surface area contributed by atoms with Gasteiger partial charge in [-0.2, -0.15) is 0 Å². The molecule has 0 fully saturated rings. The molecule has 1 N–H and O–H groups in total. The number of hydrogen-bond acceptors (Lipinski definition) is 1. The summed E-state index contributed by atoms with van der Waals surface area (Å²) in [6.45, 7) is 3.68. The molecule has 0 spiro atoms. The van der Waals surface area contributed by atoms with E-state index in [4.69, 9.17) is 11.6 Å². The molecule has 0 saturated heterocycles. The maximum absolute atomic E-state index is 5.75. The van der Waals surface area contributed by atoms with Crippen molar-refractivity contribution in [3.8, 4) is 0 Å². The topological polar surface area (TPSA) is 28.7 Å². The van der Waals surface area contributed by atoms with Crippen molar-refractivity contribution in [2.45, 2.75) is 0 Å². The molecular weight excluding hydrogens is 160 g/mol. The average molecular weight is 166 g/mol. The number of rotatable bonds is 0. The van der Waals surface area contributed by atoms with E-state index in [0.29, 0.717) is 10.8 Å². The fourth-order valence-electron chi connectivity index (χ4n) is 1.03. The van der Waals surface area contributed by atoms with Crippen LogP contribution >= 0.6 is 11.6 Å². The van der Waals surface area contributed by atoms with Crippen LogP contribution in [-0.4, -0.2) is 9.97 Å². The highest BCUT2D eigenvalue weighted by Crippen LogP contribution is 2.16. The van der Waals surface area contributed by atoms with Gasteiger partial charge in [0.25, 0.3) is 0 Å². The highest BCUT2D eigenvalue weighted by molar-refractivity contribution is 6.31. The van der Waals surface area contributed by atoms with Crippen LogP contribution in [0.2, 0.25) is 5.02 Å². The van der Waals surface area contributed by atoms with Crippen molar-refractivity contribution in [3.05, 3.63) is 36.0 Å². The van der Waals surface area contributed by atoms with Gasteiger partial charge in [-0.3, -0.25) is 0 Å². The second-order valence-corrected chi connectivity index (χ2v) is 2.78. The van der Waals surface area contributed by atoms with Gasteiger partial charge in [-0.15, -0.1) is 0 Å². The maximum Gasteiger partial charge on any atom is 0.107 e. The SMILES string of the molecule is [CH2]c1nc2cc(Cl)ccc2[nH]1. The molecule has 0 saturated carbocycles. The van der Waals surface area contributed by atoms with Crippen molar-refractivity contribution in [1.29, 1.82) is 0 Å². The van der Waals surface area contributed by atoms with Crippen LogP contribution in [0.15, 0.2) is 18.2 Å². The predicted octanol–water partition coefficient (Wildman–Crippen LogP) is 2.40. The van der Waals surface area contributed by atoms with Gasteiger partial charge in [-0.05, 0) is 18.2 Å². The molecule has 0 bridgehead atoms. The van der Waals surface area contributed by atoms with Gasteiger partial charge in [0.2, 0.25) is 0 Å². The molecule has 2 nitrogen and oxygen atoms in total. The van der Waals surface area contributed by atoms with Crippen LogP contribution in [0.3, 0.4) is 0 Å².